The smallest absolute Gasteiger partial charge is 0.323 e. The van der Waals surface area contributed by atoms with Gasteiger partial charge in [-0.3, -0.25) is 19.7 Å². The van der Waals surface area contributed by atoms with Crippen molar-refractivity contribution in [3.63, 3.8) is 0 Å². The molecule has 0 aromatic carbocycles. The molecule has 16 nitrogen and oxygen atoms in total. The van der Waals surface area contributed by atoms with Gasteiger partial charge in [-0.15, -0.1) is 0 Å². The molecule has 0 bridgehead atoms. The van der Waals surface area contributed by atoms with Gasteiger partial charge < -0.3 is 33.3 Å². The normalized spacial score (nSPS) is 23.8. The molecule has 48 heavy (non-hydrogen) atoms. The van der Waals surface area contributed by atoms with Crippen molar-refractivity contribution in [2.45, 2.75) is 83.5 Å². The predicted molar refractivity (Wildman–Crippen MR) is 170 cm³/mol. The van der Waals surface area contributed by atoms with Gasteiger partial charge in [-0.1, -0.05) is 27.7 Å². The van der Waals surface area contributed by atoms with Crippen LogP contribution in [0.3, 0.4) is 0 Å². The van der Waals surface area contributed by atoms with Crippen LogP contribution in [-0.4, -0.2) is 114 Å². The van der Waals surface area contributed by atoms with Gasteiger partial charge in [0, 0.05) is 26.9 Å². The number of ether oxygens (including phenoxy) is 6. The average Bonchev–Trinajstić information content (AvgIpc) is 3.62. The first-order chi connectivity index (χ1) is 22.9. The van der Waals surface area contributed by atoms with Crippen LogP contribution < -0.4 is 5.32 Å². The highest BCUT2D eigenvalue weighted by molar-refractivity contribution is 5.75. The molecule has 2 fully saturated rings. The van der Waals surface area contributed by atoms with Crippen molar-refractivity contribution < 1.29 is 42.8 Å². The number of hydrogen-bond acceptors (Lipinski definition) is 14. The van der Waals surface area contributed by atoms with Crippen LogP contribution in [0.15, 0.2) is 23.5 Å². The molecule has 2 aromatic rings. The summed E-state index contributed by atoms with van der Waals surface area (Å²) in [4.78, 5) is 49.1. The van der Waals surface area contributed by atoms with Gasteiger partial charge in [0.25, 0.3) is 0 Å². The number of nitrogens with one attached hydrogen (secondary N) is 1. The molecule has 4 heterocycles. The second-order valence-corrected chi connectivity index (χ2v) is 12.6. The third-order valence-electron chi connectivity index (χ3n) is 7.80. The Balaban J connectivity index is 1.62. The van der Waals surface area contributed by atoms with Gasteiger partial charge in [0.05, 0.1) is 50.4 Å². The molecule has 0 unspecified atom stereocenters. The summed E-state index contributed by atoms with van der Waals surface area (Å²) in [5.41, 5.74) is -0.996. The summed E-state index contributed by atoms with van der Waals surface area (Å²) in [6.45, 7) is 8.75. The van der Waals surface area contributed by atoms with Gasteiger partial charge in [0.15, 0.2) is 18.0 Å². The minimum absolute atomic E-state index is 0.169. The number of esters is 3. The highest BCUT2D eigenvalue weighted by atomic mass is 16.7. The van der Waals surface area contributed by atoms with Gasteiger partial charge in [-0.05, 0) is 19.1 Å². The number of nitrogens with zero attached hydrogens (tertiary/aromatic N) is 6. The zero-order valence-corrected chi connectivity index (χ0v) is 28.5. The summed E-state index contributed by atoms with van der Waals surface area (Å²) in [6, 6.07) is 4.85. The first-order valence-electron chi connectivity index (χ1n) is 16.0. The molecule has 0 aliphatic carbocycles. The van der Waals surface area contributed by atoms with Crippen molar-refractivity contribution in [3.8, 4) is 6.07 Å². The topological polar surface area (TPSA) is 188 Å². The van der Waals surface area contributed by atoms with Gasteiger partial charge >= 0.3 is 17.9 Å². The molecule has 262 valence electrons. The SMILES string of the molecule is CC(C)C(=O)O[C@H]1[C@H](c2ccc3c(N=CN(C)C)ncnn23)O[C@](C#N)(COCN[C@@H](C)C(=O)OC2CCOCC2)[C@H]1OC(=O)C(C)C. The largest absolute Gasteiger partial charge is 0.461 e. The molecule has 2 saturated heterocycles. The van der Waals surface area contributed by atoms with E-state index in [9.17, 15) is 19.6 Å². The average molecular weight is 672 g/mol. The molecule has 2 aliphatic rings. The van der Waals surface area contributed by atoms with Crippen molar-refractivity contribution in [3.05, 3.63) is 24.2 Å². The first-order valence-corrected chi connectivity index (χ1v) is 16.0. The molecule has 4 rings (SSSR count). The van der Waals surface area contributed by atoms with E-state index in [2.05, 4.69) is 26.5 Å². The van der Waals surface area contributed by atoms with E-state index in [0.29, 0.717) is 43.1 Å². The zero-order chi connectivity index (χ0) is 35.0. The van der Waals surface area contributed by atoms with Crippen LogP contribution in [0.4, 0.5) is 5.82 Å². The highest BCUT2D eigenvalue weighted by Crippen LogP contribution is 2.44. The molecular formula is C32H45N7O9. The maximum Gasteiger partial charge on any atom is 0.323 e. The van der Waals surface area contributed by atoms with Crippen molar-refractivity contribution >= 4 is 35.6 Å². The molecule has 5 atom stereocenters. The second-order valence-electron chi connectivity index (χ2n) is 12.6. The lowest BCUT2D eigenvalue weighted by atomic mass is 9.95. The molecule has 0 spiro atoms. The van der Waals surface area contributed by atoms with Crippen LogP contribution >= 0.6 is 0 Å². The van der Waals surface area contributed by atoms with Crippen molar-refractivity contribution in [2.24, 2.45) is 16.8 Å². The van der Waals surface area contributed by atoms with Crippen molar-refractivity contribution in [1.29, 1.82) is 5.26 Å². The first kappa shape index (κ1) is 36.7. The Hall–Kier alpha value is -4.17. The van der Waals surface area contributed by atoms with Gasteiger partial charge in [0.1, 0.15) is 36.2 Å². The number of hydrogen-bond donors (Lipinski definition) is 1. The van der Waals surface area contributed by atoms with Crippen LogP contribution in [0, 0.1) is 23.2 Å². The number of carbonyl (C=O) groups excluding carboxylic acids is 3. The lowest BCUT2D eigenvalue weighted by Crippen LogP contribution is -2.50. The Morgan fingerprint density at radius 2 is 1.79 bits per heavy atom. The number of rotatable bonds is 14. The third kappa shape index (κ3) is 8.64. The van der Waals surface area contributed by atoms with E-state index in [0.717, 1.165) is 0 Å². The summed E-state index contributed by atoms with van der Waals surface area (Å²) < 4.78 is 36.5. The molecule has 0 saturated carbocycles. The molecule has 0 amide bonds. The quantitative estimate of drug-likeness (QED) is 0.0768. The van der Waals surface area contributed by atoms with E-state index in [4.69, 9.17) is 28.4 Å². The molecule has 0 radical (unpaired) electrons. The summed E-state index contributed by atoms with van der Waals surface area (Å²) in [5, 5.41) is 17.9. The van der Waals surface area contributed by atoms with E-state index in [-0.39, 0.29) is 12.8 Å². The Bertz CT molecular complexity index is 1500. The fraction of sp³-hybridized carbons (Fsp3) is 0.656. The van der Waals surface area contributed by atoms with Crippen molar-refractivity contribution in [1.82, 2.24) is 24.8 Å². The monoisotopic (exact) mass is 671 g/mol. The maximum atomic E-state index is 13.0. The minimum Gasteiger partial charge on any atom is -0.461 e. The van der Waals surface area contributed by atoms with Gasteiger partial charge in [-0.25, -0.2) is 14.5 Å². The van der Waals surface area contributed by atoms with Crippen LogP contribution in [0.2, 0.25) is 0 Å². The Labute approximate surface area is 279 Å². The lowest BCUT2D eigenvalue weighted by molar-refractivity contribution is -0.175. The zero-order valence-electron chi connectivity index (χ0n) is 28.5. The number of nitriles is 1. The number of aromatic nitrogens is 3. The van der Waals surface area contributed by atoms with Gasteiger partial charge in [0.2, 0.25) is 5.60 Å². The van der Waals surface area contributed by atoms with E-state index >= 15 is 0 Å². The Morgan fingerprint density at radius 3 is 2.44 bits per heavy atom. The third-order valence-corrected chi connectivity index (χ3v) is 7.80. The molecular weight excluding hydrogens is 626 g/mol. The molecule has 2 aliphatic heterocycles. The number of aliphatic imine (C=N–C) groups is 1. The van der Waals surface area contributed by atoms with E-state index in [1.807, 2.05) is 14.1 Å². The van der Waals surface area contributed by atoms with E-state index < -0.39 is 66.3 Å². The van der Waals surface area contributed by atoms with E-state index in [1.54, 1.807) is 58.0 Å². The second kappa shape index (κ2) is 16.3. The standard InChI is InChI=1S/C32H45N7O9/c1-19(2)29(40)46-26-25(23-8-9-24-28(35-17-38(6)7)34-16-37-39(23)24)48-32(14-33,27(26)47-30(41)20(3)4)15-44-18-36-21(5)31(42)45-22-10-12-43-13-11-22/h8-9,16-17,19-22,25-27,36H,10-13,15,18H2,1-7H3/t21-,25-,26-,27-,32+/m0/s1. The Morgan fingerprint density at radius 1 is 1.10 bits per heavy atom. The summed E-state index contributed by atoms with van der Waals surface area (Å²) in [5.74, 6) is -2.39. The highest BCUT2D eigenvalue weighted by Gasteiger charge is 2.61. The molecule has 16 heteroatoms. The lowest BCUT2D eigenvalue weighted by Gasteiger charge is -2.29. The summed E-state index contributed by atoms with van der Waals surface area (Å²) in [7, 11) is 3.64. The predicted octanol–water partition coefficient (Wildman–Crippen LogP) is 2.09. The molecule has 2 aromatic heterocycles. The summed E-state index contributed by atoms with van der Waals surface area (Å²) in [6.07, 6.45) is 0.192. The van der Waals surface area contributed by atoms with Crippen LogP contribution in [0.25, 0.3) is 5.52 Å². The van der Waals surface area contributed by atoms with Crippen LogP contribution in [0.5, 0.6) is 0 Å². The van der Waals surface area contributed by atoms with Crippen LogP contribution in [0.1, 0.15) is 59.3 Å². The van der Waals surface area contributed by atoms with Crippen molar-refractivity contribution in [2.75, 3.05) is 40.6 Å². The van der Waals surface area contributed by atoms with E-state index in [1.165, 1.54) is 10.8 Å². The molecule has 1 N–H and O–H groups in total. The minimum atomic E-state index is -1.92. The number of fused-ring (bicyclic) bond motifs is 1. The van der Waals surface area contributed by atoms with Gasteiger partial charge in [-0.2, -0.15) is 10.4 Å². The fourth-order valence-electron chi connectivity index (χ4n) is 5.03. The fourth-order valence-corrected chi connectivity index (χ4v) is 5.03. The summed E-state index contributed by atoms with van der Waals surface area (Å²) >= 11 is 0. The van der Waals surface area contributed by atoms with Crippen LogP contribution in [-0.2, 0) is 42.8 Å². The number of carbonyl (C=O) groups is 3. The maximum absolute atomic E-state index is 13.0. The Kier molecular flexibility index (Phi) is 12.4.